The molecular formula is C14H24N4O2. The summed E-state index contributed by atoms with van der Waals surface area (Å²) in [6.45, 7) is 6.49. The fourth-order valence-corrected chi connectivity index (χ4v) is 2.98. The van der Waals surface area contributed by atoms with E-state index in [1.807, 2.05) is 20.8 Å². The van der Waals surface area contributed by atoms with Crippen molar-refractivity contribution in [3.63, 3.8) is 0 Å². The van der Waals surface area contributed by atoms with E-state index in [4.69, 9.17) is 0 Å². The molecule has 0 aliphatic heterocycles. The zero-order valence-corrected chi connectivity index (χ0v) is 12.6. The summed E-state index contributed by atoms with van der Waals surface area (Å²) in [6, 6.07) is 0. The fraction of sp³-hybridized carbons (Fsp3) is 0.857. The first-order valence-corrected chi connectivity index (χ1v) is 7.35. The van der Waals surface area contributed by atoms with Gasteiger partial charge in [-0.3, -0.25) is 4.79 Å². The minimum Gasteiger partial charge on any atom is -0.481 e. The average molecular weight is 280 g/mol. The van der Waals surface area contributed by atoms with Crippen LogP contribution in [0.1, 0.15) is 65.1 Å². The molecule has 1 N–H and O–H groups in total. The molecule has 112 valence electrons. The first-order valence-electron chi connectivity index (χ1n) is 7.35. The lowest BCUT2D eigenvalue weighted by Gasteiger charge is -2.29. The second kappa shape index (κ2) is 5.50. The molecular weight excluding hydrogens is 256 g/mol. The van der Waals surface area contributed by atoms with Crippen molar-refractivity contribution in [2.75, 3.05) is 0 Å². The van der Waals surface area contributed by atoms with Crippen LogP contribution in [0.5, 0.6) is 0 Å². The first kappa shape index (κ1) is 14.9. The Morgan fingerprint density at radius 3 is 2.35 bits per heavy atom. The maximum Gasteiger partial charge on any atom is 0.311 e. The van der Waals surface area contributed by atoms with Gasteiger partial charge < -0.3 is 5.11 Å². The first-order chi connectivity index (χ1) is 9.35. The van der Waals surface area contributed by atoms with Gasteiger partial charge in [0.05, 0.1) is 12.0 Å². The summed E-state index contributed by atoms with van der Waals surface area (Å²) < 4.78 is 1.69. The monoisotopic (exact) mass is 280 g/mol. The van der Waals surface area contributed by atoms with Crippen LogP contribution in [0.3, 0.4) is 0 Å². The number of aromatic nitrogens is 4. The summed E-state index contributed by atoms with van der Waals surface area (Å²) in [5.41, 5.74) is -0.903. The number of carbonyl (C=O) groups is 1. The Kier molecular flexibility index (Phi) is 4.11. The van der Waals surface area contributed by atoms with Gasteiger partial charge in [-0.1, -0.05) is 46.5 Å². The van der Waals surface area contributed by atoms with Crippen LogP contribution < -0.4 is 0 Å². The van der Waals surface area contributed by atoms with Crippen molar-refractivity contribution in [3.05, 3.63) is 5.82 Å². The smallest absolute Gasteiger partial charge is 0.311 e. The van der Waals surface area contributed by atoms with Crippen LogP contribution >= 0.6 is 0 Å². The summed E-state index contributed by atoms with van der Waals surface area (Å²) in [5, 5.41) is 21.6. The Morgan fingerprint density at radius 1 is 1.25 bits per heavy atom. The minimum absolute atomic E-state index is 0.187. The molecule has 1 fully saturated rings. The van der Waals surface area contributed by atoms with Crippen LogP contribution in [0.4, 0.5) is 0 Å². The highest BCUT2D eigenvalue weighted by Gasteiger charge is 2.40. The van der Waals surface area contributed by atoms with Crippen LogP contribution in [-0.2, 0) is 16.8 Å². The third kappa shape index (κ3) is 2.99. The average Bonchev–Trinajstić information content (AvgIpc) is 2.67. The molecule has 2 rings (SSSR count). The second-order valence-corrected chi connectivity index (χ2v) is 6.91. The molecule has 1 aromatic heterocycles. The molecule has 1 aromatic rings. The molecule has 0 radical (unpaired) electrons. The molecule has 0 unspecified atom stereocenters. The molecule has 6 nitrogen and oxygen atoms in total. The van der Waals surface area contributed by atoms with Crippen LogP contribution in [0, 0.1) is 5.41 Å². The van der Waals surface area contributed by atoms with E-state index in [0.29, 0.717) is 19.4 Å². The van der Waals surface area contributed by atoms with Crippen molar-refractivity contribution >= 4 is 5.97 Å². The van der Waals surface area contributed by atoms with Crippen LogP contribution in [0.25, 0.3) is 0 Å². The van der Waals surface area contributed by atoms with Crippen molar-refractivity contribution in [1.29, 1.82) is 0 Å². The molecule has 0 saturated heterocycles. The van der Waals surface area contributed by atoms with E-state index in [-0.39, 0.29) is 5.41 Å². The lowest BCUT2D eigenvalue weighted by Crippen LogP contribution is -2.37. The zero-order chi connectivity index (χ0) is 14.8. The van der Waals surface area contributed by atoms with E-state index in [0.717, 1.165) is 31.5 Å². The predicted octanol–water partition coefficient (Wildman–Crippen LogP) is 2.40. The summed E-state index contributed by atoms with van der Waals surface area (Å²) in [6.07, 6.45) is 5.61. The molecule has 1 aliphatic carbocycles. The van der Waals surface area contributed by atoms with E-state index in [2.05, 4.69) is 15.5 Å². The standard InChI is InChI=1S/C14H24N4O2/c1-13(2,3)11-15-16-17-18(11)10-14(12(19)20)8-6-4-5-7-9-14/h4-10H2,1-3H3,(H,19,20). The zero-order valence-electron chi connectivity index (χ0n) is 12.6. The molecule has 0 atom stereocenters. The number of aliphatic carboxylic acids is 1. The lowest BCUT2D eigenvalue weighted by atomic mass is 9.80. The third-order valence-corrected chi connectivity index (χ3v) is 4.17. The van der Waals surface area contributed by atoms with Crippen LogP contribution in [-0.4, -0.2) is 31.3 Å². The van der Waals surface area contributed by atoms with Gasteiger partial charge in [0.1, 0.15) is 0 Å². The SMILES string of the molecule is CC(C)(C)c1nnnn1CC1(C(=O)O)CCCCCC1. The van der Waals surface area contributed by atoms with Gasteiger partial charge >= 0.3 is 5.97 Å². The number of hydrogen-bond donors (Lipinski definition) is 1. The number of tetrazole rings is 1. The van der Waals surface area contributed by atoms with Gasteiger partial charge in [-0.25, -0.2) is 4.68 Å². The van der Waals surface area contributed by atoms with Gasteiger partial charge in [-0.15, -0.1) is 5.10 Å². The summed E-state index contributed by atoms with van der Waals surface area (Å²) in [4.78, 5) is 11.8. The number of carboxylic acids is 1. The fourth-order valence-electron chi connectivity index (χ4n) is 2.98. The Morgan fingerprint density at radius 2 is 1.85 bits per heavy atom. The van der Waals surface area contributed by atoms with Crippen LogP contribution in [0.15, 0.2) is 0 Å². The number of carboxylic acid groups (broad SMARTS) is 1. The van der Waals surface area contributed by atoms with Gasteiger partial charge in [-0.2, -0.15) is 0 Å². The largest absolute Gasteiger partial charge is 0.481 e. The van der Waals surface area contributed by atoms with Crippen molar-refractivity contribution in [1.82, 2.24) is 20.2 Å². The predicted molar refractivity (Wildman–Crippen MR) is 74.3 cm³/mol. The van der Waals surface area contributed by atoms with Gasteiger partial charge in [-0.05, 0) is 23.3 Å². The lowest BCUT2D eigenvalue weighted by molar-refractivity contribution is -0.151. The molecule has 20 heavy (non-hydrogen) atoms. The number of rotatable bonds is 3. The quantitative estimate of drug-likeness (QED) is 0.860. The third-order valence-electron chi connectivity index (χ3n) is 4.17. The van der Waals surface area contributed by atoms with E-state index in [1.54, 1.807) is 4.68 Å². The van der Waals surface area contributed by atoms with Crippen molar-refractivity contribution < 1.29 is 9.90 Å². The molecule has 6 heteroatoms. The van der Waals surface area contributed by atoms with Crippen LogP contribution in [0.2, 0.25) is 0 Å². The topological polar surface area (TPSA) is 80.9 Å². The van der Waals surface area contributed by atoms with E-state index < -0.39 is 11.4 Å². The Balaban J connectivity index is 2.29. The van der Waals surface area contributed by atoms with E-state index in [1.165, 1.54) is 0 Å². The van der Waals surface area contributed by atoms with Crippen molar-refractivity contribution in [2.45, 2.75) is 71.3 Å². The molecule has 0 spiro atoms. The maximum absolute atomic E-state index is 11.8. The van der Waals surface area contributed by atoms with Crippen molar-refractivity contribution in [2.24, 2.45) is 5.41 Å². The molecule has 0 amide bonds. The van der Waals surface area contributed by atoms with E-state index >= 15 is 0 Å². The number of hydrogen-bond acceptors (Lipinski definition) is 4. The number of nitrogens with zero attached hydrogens (tertiary/aromatic N) is 4. The minimum atomic E-state index is -0.716. The molecule has 1 saturated carbocycles. The van der Waals surface area contributed by atoms with Gasteiger partial charge in [0.2, 0.25) is 0 Å². The van der Waals surface area contributed by atoms with Gasteiger partial charge in [0, 0.05) is 5.41 Å². The Labute approximate surface area is 119 Å². The molecule has 0 aromatic carbocycles. The summed E-state index contributed by atoms with van der Waals surface area (Å²) >= 11 is 0. The highest BCUT2D eigenvalue weighted by molar-refractivity contribution is 5.74. The maximum atomic E-state index is 11.8. The van der Waals surface area contributed by atoms with E-state index in [9.17, 15) is 9.90 Å². The summed E-state index contributed by atoms with van der Waals surface area (Å²) in [7, 11) is 0. The normalized spacial score (nSPS) is 19.6. The highest BCUT2D eigenvalue weighted by atomic mass is 16.4. The van der Waals surface area contributed by atoms with Gasteiger partial charge in [0.25, 0.3) is 0 Å². The molecule has 1 aliphatic rings. The van der Waals surface area contributed by atoms with Crippen molar-refractivity contribution in [3.8, 4) is 0 Å². The summed E-state index contributed by atoms with van der Waals surface area (Å²) in [5.74, 6) is 0.0390. The Bertz CT molecular complexity index is 468. The van der Waals surface area contributed by atoms with Gasteiger partial charge in [0.15, 0.2) is 5.82 Å². The Hall–Kier alpha value is -1.46. The molecule has 0 bridgehead atoms. The highest BCUT2D eigenvalue weighted by Crippen LogP contribution is 2.37. The second-order valence-electron chi connectivity index (χ2n) is 6.91. The molecule has 1 heterocycles.